The van der Waals surface area contributed by atoms with Gasteiger partial charge in [-0.3, -0.25) is 0 Å². The Kier molecular flexibility index (Phi) is 5.73. The van der Waals surface area contributed by atoms with Crippen LogP contribution >= 0.6 is 0 Å². The number of hydrogen-bond donors (Lipinski definition) is 0. The molecule has 0 bridgehead atoms. The van der Waals surface area contributed by atoms with Crippen molar-refractivity contribution < 1.29 is 37.9 Å². The summed E-state index contributed by atoms with van der Waals surface area (Å²) in [4.78, 5) is 0. The summed E-state index contributed by atoms with van der Waals surface area (Å²) in [6.45, 7) is 5.10. The standard InChI is InChI=1S/2C5H5.C2H7Si.BrH.Zr/c2*1-2-4-5-3-1;1-3-2;;/h2*1-3H,4H2;3H,1-2H3;1H;/q;;;;+1/p-1. The molecule has 2 aliphatic rings. The SMILES string of the molecule is C[SiH](C)[Zr+]([C]1=CC=CC1)[C]1=CC=CC1.[Br-]. The molecule has 0 aliphatic heterocycles. The Hall–Kier alpha value is 0.540. The molecular weight excluding hydrogens is 343 g/mol. The van der Waals surface area contributed by atoms with E-state index in [2.05, 4.69) is 49.6 Å². The molecule has 0 fully saturated rings. The minimum Gasteiger partial charge on any atom is -1.00 e. The maximum atomic E-state index is 2.55. The van der Waals surface area contributed by atoms with Gasteiger partial charge >= 0.3 is 95.8 Å². The van der Waals surface area contributed by atoms with E-state index in [9.17, 15) is 0 Å². The first-order valence-corrected chi connectivity index (χ1v) is 15.0. The fourth-order valence-corrected chi connectivity index (χ4v) is 21.2. The average Bonchev–Trinajstić information content (AvgIpc) is 2.75. The second kappa shape index (κ2) is 6.32. The van der Waals surface area contributed by atoms with Gasteiger partial charge in [-0.15, -0.1) is 0 Å². The molecule has 2 rings (SSSR count). The molecule has 0 amide bonds. The van der Waals surface area contributed by atoms with Crippen molar-refractivity contribution in [3.8, 4) is 0 Å². The van der Waals surface area contributed by atoms with Crippen LogP contribution in [0.3, 0.4) is 0 Å². The van der Waals surface area contributed by atoms with E-state index in [0.29, 0.717) is 0 Å². The Bertz CT molecular complexity index is 310. The minimum absolute atomic E-state index is 0. The van der Waals surface area contributed by atoms with Crippen molar-refractivity contribution in [2.45, 2.75) is 25.9 Å². The zero-order chi connectivity index (χ0) is 9.97. The number of hydrogen-bond acceptors (Lipinski definition) is 0. The predicted molar refractivity (Wildman–Crippen MR) is 62.6 cm³/mol. The summed E-state index contributed by atoms with van der Waals surface area (Å²) in [6, 6.07) is 0. The Morgan fingerprint density at radius 1 is 1.00 bits per heavy atom. The largest absolute Gasteiger partial charge is 1.00 e. The first kappa shape index (κ1) is 13.6. The monoisotopic (exact) mass is 358 g/mol. The molecule has 0 saturated carbocycles. The van der Waals surface area contributed by atoms with E-state index in [0.717, 1.165) is 0 Å². The quantitative estimate of drug-likeness (QED) is 0.635. The van der Waals surface area contributed by atoms with E-state index in [1.54, 1.807) is 0 Å². The van der Waals surface area contributed by atoms with Crippen molar-refractivity contribution in [1.82, 2.24) is 0 Å². The average molecular weight is 360 g/mol. The second-order valence-electron chi connectivity index (χ2n) is 4.22. The summed E-state index contributed by atoms with van der Waals surface area (Å²) in [6.07, 6.45) is 16.6. The Morgan fingerprint density at radius 3 is 1.73 bits per heavy atom. The third-order valence-electron chi connectivity index (χ3n) is 2.81. The molecule has 0 N–H and O–H groups in total. The Morgan fingerprint density at radius 2 is 1.47 bits per heavy atom. The van der Waals surface area contributed by atoms with E-state index in [-0.39, 0.29) is 17.0 Å². The van der Waals surface area contributed by atoms with Gasteiger partial charge in [0.2, 0.25) is 0 Å². The summed E-state index contributed by atoms with van der Waals surface area (Å²) >= 11 is -1.29. The molecule has 0 radical (unpaired) electrons. The second-order valence-corrected chi connectivity index (χ2v) is 23.6. The number of allylic oxidation sites excluding steroid dienone is 8. The molecule has 0 saturated heterocycles. The summed E-state index contributed by atoms with van der Waals surface area (Å²) in [7, 11) is 0. The molecule has 0 spiro atoms. The summed E-state index contributed by atoms with van der Waals surface area (Å²) in [5.74, 6) is -0.412. The van der Waals surface area contributed by atoms with E-state index in [1.165, 1.54) is 12.8 Å². The van der Waals surface area contributed by atoms with Gasteiger partial charge in [0, 0.05) is 0 Å². The van der Waals surface area contributed by atoms with Crippen molar-refractivity contribution in [2.75, 3.05) is 0 Å². The van der Waals surface area contributed by atoms with Crippen LogP contribution in [0.15, 0.2) is 43.0 Å². The molecule has 0 aromatic heterocycles. The third-order valence-corrected chi connectivity index (χ3v) is 22.1. The van der Waals surface area contributed by atoms with Crippen molar-refractivity contribution in [2.24, 2.45) is 0 Å². The molecule has 0 nitrogen and oxygen atoms in total. The predicted octanol–water partition coefficient (Wildman–Crippen LogP) is 0.280. The van der Waals surface area contributed by atoms with Crippen LogP contribution in [0.1, 0.15) is 12.8 Å². The normalized spacial score (nSPS) is 17.8. The van der Waals surface area contributed by atoms with Crippen LogP contribution in [0, 0.1) is 0 Å². The maximum Gasteiger partial charge on any atom is -1.00 e. The number of halogens is 1. The first-order valence-electron chi connectivity index (χ1n) is 5.38. The van der Waals surface area contributed by atoms with Crippen LogP contribution in [0.4, 0.5) is 0 Å². The van der Waals surface area contributed by atoms with Gasteiger partial charge in [0.05, 0.1) is 0 Å². The summed E-state index contributed by atoms with van der Waals surface area (Å²) < 4.78 is 3.70. The molecule has 0 aromatic carbocycles. The molecule has 2 aliphatic carbocycles. The van der Waals surface area contributed by atoms with Gasteiger partial charge in [-0.1, -0.05) is 0 Å². The van der Waals surface area contributed by atoms with Crippen LogP contribution in [0.2, 0.25) is 13.1 Å². The van der Waals surface area contributed by atoms with Gasteiger partial charge in [-0.05, 0) is 0 Å². The summed E-state index contributed by atoms with van der Waals surface area (Å²) in [5, 5.41) is 0. The molecule has 0 heterocycles. The van der Waals surface area contributed by atoms with Crippen molar-refractivity contribution in [3.63, 3.8) is 0 Å². The first-order chi connectivity index (χ1) is 6.79. The smallest absolute Gasteiger partial charge is 1.00 e. The molecule has 0 aromatic rings. The molecule has 15 heavy (non-hydrogen) atoms. The Balaban J connectivity index is 0.00000112. The van der Waals surface area contributed by atoms with Gasteiger partial charge in [0.1, 0.15) is 0 Å². The van der Waals surface area contributed by atoms with Crippen LogP contribution in [0.5, 0.6) is 0 Å². The van der Waals surface area contributed by atoms with E-state index >= 15 is 0 Å². The van der Waals surface area contributed by atoms with Gasteiger partial charge in [0.15, 0.2) is 0 Å². The van der Waals surface area contributed by atoms with Gasteiger partial charge < -0.3 is 17.0 Å². The third kappa shape index (κ3) is 3.25. The zero-order valence-corrected chi connectivity index (χ0v) is 14.5. The molecule has 0 unspecified atom stereocenters. The van der Waals surface area contributed by atoms with Crippen LogP contribution in [-0.2, 0) is 20.9 Å². The molecular formula is C12H17BrSiZr. The van der Waals surface area contributed by atoms with E-state index < -0.39 is 26.8 Å². The minimum atomic E-state index is -1.29. The van der Waals surface area contributed by atoms with Crippen LogP contribution in [-0.4, -0.2) is 5.92 Å². The summed E-state index contributed by atoms with van der Waals surface area (Å²) in [5.41, 5.74) is 0. The van der Waals surface area contributed by atoms with Gasteiger partial charge in [-0.25, -0.2) is 0 Å². The maximum absolute atomic E-state index is 2.55. The van der Waals surface area contributed by atoms with Gasteiger partial charge in [0.25, 0.3) is 0 Å². The topological polar surface area (TPSA) is 0 Å². The van der Waals surface area contributed by atoms with Gasteiger partial charge in [-0.2, -0.15) is 0 Å². The fourth-order valence-electron chi connectivity index (χ4n) is 2.24. The van der Waals surface area contributed by atoms with Crippen molar-refractivity contribution in [3.05, 3.63) is 43.0 Å². The van der Waals surface area contributed by atoms with Crippen molar-refractivity contribution in [1.29, 1.82) is 0 Å². The molecule has 3 heteroatoms. The zero-order valence-electron chi connectivity index (χ0n) is 9.33. The van der Waals surface area contributed by atoms with Crippen LogP contribution in [0.25, 0.3) is 0 Å². The van der Waals surface area contributed by atoms with E-state index in [4.69, 9.17) is 0 Å². The number of rotatable bonds is 3. The Labute approximate surface area is 112 Å². The van der Waals surface area contributed by atoms with Crippen molar-refractivity contribution >= 4 is 5.92 Å². The van der Waals surface area contributed by atoms with Crippen LogP contribution < -0.4 is 17.0 Å². The fraction of sp³-hybridized carbons (Fsp3) is 0.333. The molecule has 0 atom stereocenters. The molecule has 80 valence electrons. The van der Waals surface area contributed by atoms with E-state index in [1.807, 2.05) is 6.56 Å².